The number of fused-ring (bicyclic) bond motifs is 3. The monoisotopic (exact) mass is 489 g/mol. The summed E-state index contributed by atoms with van der Waals surface area (Å²) in [5.74, 6) is -0.0663. The van der Waals surface area contributed by atoms with Crippen LogP contribution in [0.2, 0.25) is 5.15 Å². The van der Waals surface area contributed by atoms with Crippen molar-refractivity contribution in [3.05, 3.63) is 77.3 Å². The molecule has 1 aliphatic rings. The van der Waals surface area contributed by atoms with Gasteiger partial charge in [-0.1, -0.05) is 29.8 Å². The molecule has 6 nitrogen and oxygen atoms in total. The van der Waals surface area contributed by atoms with E-state index in [1.54, 1.807) is 18.6 Å². The molecule has 0 saturated carbocycles. The van der Waals surface area contributed by atoms with E-state index in [4.69, 9.17) is 21.3 Å². The summed E-state index contributed by atoms with van der Waals surface area (Å²) in [4.78, 5) is 13.7. The second-order valence-electron chi connectivity index (χ2n) is 9.17. The van der Waals surface area contributed by atoms with Crippen LogP contribution >= 0.6 is 11.6 Å². The van der Waals surface area contributed by atoms with Gasteiger partial charge in [0.25, 0.3) is 0 Å². The number of hydrogen-bond donors (Lipinski definition) is 0. The lowest BCUT2D eigenvalue weighted by atomic mass is 9.86. The lowest BCUT2D eigenvalue weighted by molar-refractivity contribution is 0.0548. The van der Waals surface area contributed by atoms with Gasteiger partial charge < -0.3 is 13.9 Å². The zero-order chi connectivity index (χ0) is 24.1. The van der Waals surface area contributed by atoms with Crippen molar-refractivity contribution >= 4 is 33.5 Å². The molecule has 4 aromatic heterocycles. The molecule has 8 heteroatoms. The SMILES string of the molecule is Cc1ncn(C)c1-c1cnc2c3ccnc(Cl)c3n([C@H](c3ccccc3F)C3CCOCC3)c2c1. The molecule has 0 radical (unpaired) electrons. The van der Waals surface area contributed by atoms with Crippen molar-refractivity contribution in [1.29, 1.82) is 0 Å². The Balaban J connectivity index is 1.70. The Kier molecular flexibility index (Phi) is 5.54. The van der Waals surface area contributed by atoms with Gasteiger partial charge in [0.2, 0.25) is 0 Å². The quantitative estimate of drug-likeness (QED) is 0.286. The first-order chi connectivity index (χ1) is 17.0. The van der Waals surface area contributed by atoms with Gasteiger partial charge >= 0.3 is 0 Å². The smallest absolute Gasteiger partial charge is 0.153 e. The Labute approximate surface area is 207 Å². The number of pyridine rings is 2. The molecule has 0 aliphatic carbocycles. The van der Waals surface area contributed by atoms with Crippen molar-refractivity contribution in [1.82, 2.24) is 24.1 Å². The second-order valence-corrected chi connectivity index (χ2v) is 9.52. The molecule has 1 aromatic carbocycles. The van der Waals surface area contributed by atoms with Gasteiger partial charge in [-0.2, -0.15) is 0 Å². The van der Waals surface area contributed by atoms with Crippen LogP contribution in [0.5, 0.6) is 0 Å². The molecule has 1 atom stereocenters. The maximum atomic E-state index is 15.4. The van der Waals surface area contributed by atoms with E-state index >= 15 is 4.39 Å². The summed E-state index contributed by atoms with van der Waals surface area (Å²) in [6, 6.07) is 10.8. The zero-order valence-electron chi connectivity index (χ0n) is 19.6. The van der Waals surface area contributed by atoms with Crippen LogP contribution < -0.4 is 0 Å². The standard InChI is InChI=1S/C27H25ClFN5O/c1-16-24(33(2)15-32-16)18-13-22-23(31-14-18)20-7-10-30-27(28)26(20)34(22)25(17-8-11-35-12-9-17)19-5-3-4-6-21(19)29/h3-7,10,13-15,17,25H,8-9,11-12H2,1-2H3/t25-/m0/s1. The first-order valence-corrected chi connectivity index (χ1v) is 12.2. The number of aromatic nitrogens is 5. The Morgan fingerprint density at radius 2 is 1.91 bits per heavy atom. The van der Waals surface area contributed by atoms with Gasteiger partial charge in [0.1, 0.15) is 5.82 Å². The van der Waals surface area contributed by atoms with Gasteiger partial charge in [0, 0.05) is 49.2 Å². The largest absolute Gasteiger partial charge is 0.381 e. The lowest BCUT2D eigenvalue weighted by Gasteiger charge is -2.33. The predicted octanol–water partition coefficient (Wildman–Crippen LogP) is 6.10. The lowest BCUT2D eigenvalue weighted by Crippen LogP contribution is -2.27. The van der Waals surface area contributed by atoms with E-state index in [9.17, 15) is 0 Å². The predicted molar refractivity (Wildman–Crippen MR) is 135 cm³/mol. The minimum atomic E-state index is -0.286. The first kappa shape index (κ1) is 22.2. The van der Waals surface area contributed by atoms with Gasteiger partial charge in [-0.25, -0.2) is 14.4 Å². The summed E-state index contributed by atoms with van der Waals surface area (Å²) in [6.07, 6.45) is 7.02. The van der Waals surface area contributed by atoms with Crippen LogP contribution in [0.4, 0.5) is 4.39 Å². The molecule has 0 unspecified atom stereocenters. The summed E-state index contributed by atoms with van der Waals surface area (Å²) >= 11 is 6.74. The molecule has 35 heavy (non-hydrogen) atoms. The van der Waals surface area contributed by atoms with Crippen molar-refractivity contribution in [3.63, 3.8) is 0 Å². The van der Waals surface area contributed by atoms with Crippen molar-refractivity contribution in [2.45, 2.75) is 25.8 Å². The maximum Gasteiger partial charge on any atom is 0.153 e. The van der Waals surface area contributed by atoms with Gasteiger partial charge in [-0.3, -0.25) is 4.98 Å². The number of ether oxygens (including phenoxy) is 1. The topological polar surface area (TPSA) is 57.8 Å². The molecule has 5 heterocycles. The molecular formula is C27H25ClFN5O. The average Bonchev–Trinajstić information content (AvgIpc) is 3.38. The van der Waals surface area contributed by atoms with E-state index in [1.807, 2.05) is 42.9 Å². The van der Waals surface area contributed by atoms with Crippen molar-refractivity contribution < 1.29 is 9.13 Å². The Bertz CT molecular complexity index is 1530. The second kappa shape index (κ2) is 8.73. The van der Waals surface area contributed by atoms with Crippen molar-refractivity contribution in [2.75, 3.05) is 13.2 Å². The van der Waals surface area contributed by atoms with Crippen LogP contribution in [0.1, 0.15) is 30.1 Å². The van der Waals surface area contributed by atoms with Crippen LogP contribution in [0.3, 0.4) is 0 Å². The van der Waals surface area contributed by atoms with E-state index in [2.05, 4.69) is 20.6 Å². The fourth-order valence-electron chi connectivity index (χ4n) is 5.54. The number of benzene rings is 1. The molecule has 1 fully saturated rings. The average molecular weight is 490 g/mol. The molecule has 0 N–H and O–H groups in total. The fraction of sp³-hybridized carbons (Fsp3) is 0.296. The highest BCUT2D eigenvalue weighted by Gasteiger charge is 2.32. The third kappa shape index (κ3) is 3.61. The highest BCUT2D eigenvalue weighted by molar-refractivity contribution is 6.35. The number of imidazole rings is 1. The minimum Gasteiger partial charge on any atom is -0.381 e. The molecule has 0 bridgehead atoms. The minimum absolute atomic E-state index is 0.165. The summed E-state index contributed by atoms with van der Waals surface area (Å²) in [5.41, 5.74) is 5.99. The molecule has 178 valence electrons. The molecule has 6 rings (SSSR count). The molecule has 5 aromatic rings. The molecule has 0 spiro atoms. The van der Waals surface area contributed by atoms with E-state index in [1.165, 1.54) is 6.07 Å². The van der Waals surface area contributed by atoms with Gasteiger partial charge in [-0.15, -0.1) is 0 Å². The number of halogens is 2. The van der Waals surface area contributed by atoms with E-state index in [0.29, 0.717) is 23.9 Å². The number of hydrogen-bond acceptors (Lipinski definition) is 4. The van der Waals surface area contributed by atoms with Gasteiger partial charge in [0.15, 0.2) is 5.15 Å². The number of rotatable bonds is 4. The Morgan fingerprint density at radius 3 is 2.66 bits per heavy atom. The first-order valence-electron chi connectivity index (χ1n) is 11.8. The third-order valence-electron chi connectivity index (χ3n) is 7.11. The van der Waals surface area contributed by atoms with Crippen molar-refractivity contribution in [2.24, 2.45) is 13.0 Å². The summed E-state index contributed by atoms with van der Waals surface area (Å²) in [5, 5.41) is 1.29. The molecule has 1 aliphatic heterocycles. The number of aryl methyl sites for hydroxylation is 2. The highest BCUT2D eigenvalue weighted by atomic mass is 35.5. The molecular weight excluding hydrogens is 465 g/mol. The zero-order valence-corrected chi connectivity index (χ0v) is 20.3. The van der Waals surface area contributed by atoms with E-state index in [0.717, 1.165) is 51.7 Å². The van der Waals surface area contributed by atoms with Crippen LogP contribution in [0.25, 0.3) is 33.2 Å². The molecule has 0 amide bonds. The number of nitrogens with zero attached hydrogens (tertiary/aromatic N) is 5. The van der Waals surface area contributed by atoms with Gasteiger partial charge in [-0.05, 0) is 43.9 Å². The van der Waals surface area contributed by atoms with E-state index in [-0.39, 0.29) is 17.8 Å². The van der Waals surface area contributed by atoms with E-state index < -0.39 is 0 Å². The summed E-state index contributed by atoms with van der Waals surface area (Å²) < 4.78 is 25.2. The molecule has 1 saturated heterocycles. The van der Waals surface area contributed by atoms with Crippen LogP contribution in [-0.4, -0.2) is 37.3 Å². The van der Waals surface area contributed by atoms with Gasteiger partial charge in [0.05, 0.1) is 40.3 Å². The van der Waals surface area contributed by atoms with Crippen molar-refractivity contribution in [3.8, 4) is 11.3 Å². The Morgan fingerprint density at radius 1 is 1.11 bits per heavy atom. The summed E-state index contributed by atoms with van der Waals surface area (Å²) in [6.45, 7) is 3.28. The fourth-order valence-corrected chi connectivity index (χ4v) is 5.79. The highest BCUT2D eigenvalue weighted by Crippen LogP contribution is 2.43. The van der Waals surface area contributed by atoms with Crippen LogP contribution in [0, 0.1) is 18.7 Å². The third-order valence-corrected chi connectivity index (χ3v) is 7.39. The summed E-state index contributed by atoms with van der Waals surface area (Å²) in [7, 11) is 1.97. The maximum absolute atomic E-state index is 15.4. The Hall–Kier alpha value is -3.29. The van der Waals surface area contributed by atoms with Crippen LogP contribution in [-0.2, 0) is 11.8 Å². The van der Waals surface area contributed by atoms with Crippen LogP contribution in [0.15, 0.2) is 55.1 Å². The normalized spacial score (nSPS) is 15.8.